The zero-order valence-corrected chi connectivity index (χ0v) is 6.10. The van der Waals surface area contributed by atoms with Crippen LogP contribution in [0.15, 0.2) is 30.5 Å². The summed E-state index contributed by atoms with van der Waals surface area (Å²) in [5.74, 6) is 0. The molecule has 0 amide bonds. The fourth-order valence-corrected chi connectivity index (χ4v) is 0.768. The fraction of sp³-hybridized carbons (Fsp3) is 0. The summed E-state index contributed by atoms with van der Waals surface area (Å²) >= 11 is 5.64. The Kier molecular flexibility index (Phi) is 2.35. The molecule has 0 saturated heterocycles. The number of hydrogen-bond acceptors (Lipinski definition) is 1. The van der Waals surface area contributed by atoms with E-state index in [0.717, 1.165) is 10.7 Å². The van der Waals surface area contributed by atoms with Crippen molar-refractivity contribution in [1.82, 2.24) is 0 Å². The highest BCUT2D eigenvalue weighted by Crippen LogP contribution is 2.12. The van der Waals surface area contributed by atoms with Gasteiger partial charge in [-0.3, -0.25) is 0 Å². The van der Waals surface area contributed by atoms with Gasteiger partial charge < -0.3 is 5.32 Å². The minimum atomic E-state index is 0.725. The second-order valence-corrected chi connectivity index (χ2v) is 2.25. The van der Waals surface area contributed by atoms with Gasteiger partial charge in [0.25, 0.3) is 0 Å². The molecular weight excluding hydrogens is 146 g/mol. The Labute approximate surface area is 65.3 Å². The summed E-state index contributed by atoms with van der Waals surface area (Å²) in [4.78, 5) is 0. The van der Waals surface area contributed by atoms with Crippen LogP contribution in [-0.2, 0) is 0 Å². The van der Waals surface area contributed by atoms with Crippen molar-refractivity contribution < 1.29 is 0 Å². The van der Waals surface area contributed by atoms with Crippen LogP contribution >= 0.6 is 11.6 Å². The quantitative estimate of drug-likeness (QED) is 0.687. The van der Waals surface area contributed by atoms with E-state index in [-0.39, 0.29) is 0 Å². The molecule has 10 heavy (non-hydrogen) atoms. The molecule has 1 nitrogen and oxygen atoms in total. The van der Waals surface area contributed by atoms with Crippen molar-refractivity contribution in [2.24, 2.45) is 0 Å². The number of rotatable bonds is 2. The summed E-state index contributed by atoms with van der Waals surface area (Å²) in [6, 6.07) is 7.30. The summed E-state index contributed by atoms with van der Waals surface area (Å²) in [6.07, 6.45) is 1.38. The second kappa shape index (κ2) is 3.28. The molecular formula is C8H7ClN. The van der Waals surface area contributed by atoms with Gasteiger partial charge in [0.1, 0.15) is 0 Å². The van der Waals surface area contributed by atoms with Crippen molar-refractivity contribution in [3.63, 3.8) is 0 Å². The maximum Gasteiger partial charge on any atom is 0.0407 e. The Hall–Kier alpha value is -0.950. The van der Waals surface area contributed by atoms with Crippen LogP contribution in [0, 0.1) is 6.58 Å². The molecule has 0 atom stereocenters. The highest BCUT2D eigenvalue weighted by Gasteiger charge is 1.86. The maximum atomic E-state index is 5.64. The van der Waals surface area contributed by atoms with Crippen LogP contribution in [0.4, 0.5) is 5.69 Å². The average Bonchev–Trinajstić information content (AvgIpc) is 1.95. The first-order valence-electron chi connectivity index (χ1n) is 2.88. The van der Waals surface area contributed by atoms with Crippen molar-refractivity contribution in [2.75, 3.05) is 5.32 Å². The molecule has 51 valence electrons. The molecule has 0 saturated carbocycles. The molecule has 0 aromatic heterocycles. The van der Waals surface area contributed by atoms with Crippen LogP contribution in [0.5, 0.6) is 0 Å². The van der Waals surface area contributed by atoms with Gasteiger partial charge >= 0.3 is 0 Å². The van der Waals surface area contributed by atoms with E-state index in [9.17, 15) is 0 Å². The normalized spacial score (nSPS) is 8.90. The molecule has 1 aromatic carbocycles. The lowest BCUT2D eigenvalue weighted by Crippen LogP contribution is -1.83. The summed E-state index contributed by atoms with van der Waals surface area (Å²) in [5, 5.41) is 3.55. The van der Waals surface area contributed by atoms with Crippen molar-refractivity contribution in [3.05, 3.63) is 42.1 Å². The predicted octanol–water partition coefficient (Wildman–Crippen LogP) is 2.70. The number of hydrogen-bond donors (Lipinski definition) is 1. The molecule has 1 radical (unpaired) electrons. The van der Waals surface area contributed by atoms with E-state index in [4.69, 9.17) is 18.2 Å². The van der Waals surface area contributed by atoms with E-state index < -0.39 is 0 Å². The lowest BCUT2D eigenvalue weighted by molar-refractivity contribution is 1.59. The Bertz CT molecular complexity index is 215. The van der Waals surface area contributed by atoms with E-state index in [2.05, 4.69) is 5.32 Å². The SMILES string of the molecule is [CH]=CNc1ccc(Cl)cc1. The molecule has 2 heteroatoms. The molecule has 0 heterocycles. The van der Waals surface area contributed by atoms with E-state index in [0.29, 0.717) is 0 Å². The number of nitrogens with one attached hydrogen (secondary N) is 1. The number of anilines is 1. The molecule has 0 bridgehead atoms. The van der Waals surface area contributed by atoms with E-state index >= 15 is 0 Å². The third-order valence-electron chi connectivity index (χ3n) is 1.09. The van der Waals surface area contributed by atoms with Gasteiger partial charge in [0.2, 0.25) is 0 Å². The smallest absolute Gasteiger partial charge is 0.0407 e. The molecule has 1 aromatic rings. The minimum absolute atomic E-state index is 0.725. The molecule has 0 spiro atoms. The fourth-order valence-electron chi connectivity index (χ4n) is 0.642. The molecule has 0 fully saturated rings. The topological polar surface area (TPSA) is 12.0 Å². The van der Waals surface area contributed by atoms with Crippen molar-refractivity contribution in [3.8, 4) is 0 Å². The maximum absolute atomic E-state index is 5.64. The predicted molar refractivity (Wildman–Crippen MR) is 43.9 cm³/mol. The van der Waals surface area contributed by atoms with Gasteiger partial charge in [-0.1, -0.05) is 11.6 Å². The zero-order chi connectivity index (χ0) is 7.40. The van der Waals surface area contributed by atoms with Gasteiger partial charge in [0.15, 0.2) is 0 Å². The van der Waals surface area contributed by atoms with Crippen molar-refractivity contribution in [2.45, 2.75) is 0 Å². The highest BCUT2D eigenvalue weighted by molar-refractivity contribution is 6.30. The van der Waals surface area contributed by atoms with Crippen LogP contribution in [0.2, 0.25) is 5.02 Å². The van der Waals surface area contributed by atoms with Gasteiger partial charge in [0, 0.05) is 16.9 Å². The Morgan fingerprint density at radius 1 is 1.30 bits per heavy atom. The van der Waals surface area contributed by atoms with Crippen molar-refractivity contribution in [1.29, 1.82) is 0 Å². The lowest BCUT2D eigenvalue weighted by Gasteiger charge is -1.97. The standard InChI is InChI=1S/C8H7ClN/c1-2-10-8-5-3-7(9)4-6-8/h1-6,10H. The van der Waals surface area contributed by atoms with Gasteiger partial charge in [0.05, 0.1) is 0 Å². The third kappa shape index (κ3) is 1.78. The summed E-state index contributed by atoms with van der Waals surface area (Å²) in [5.41, 5.74) is 0.937. The molecule has 0 aliphatic heterocycles. The van der Waals surface area contributed by atoms with Gasteiger partial charge in [-0.2, -0.15) is 0 Å². The van der Waals surface area contributed by atoms with Crippen LogP contribution in [0.3, 0.4) is 0 Å². The first-order chi connectivity index (χ1) is 4.83. The van der Waals surface area contributed by atoms with Gasteiger partial charge in [-0.15, -0.1) is 0 Å². The van der Waals surface area contributed by atoms with E-state index in [1.165, 1.54) is 6.20 Å². The first kappa shape index (κ1) is 7.16. The highest BCUT2D eigenvalue weighted by atomic mass is 35.5. The summed E-state index contributed by atoms with van der Waals surface area (Å²) in [6.45, 7) is 5.13. The van der Waals surface area contributed by atoms with Gasteiger partial charge in [-0.25, -0.2) is 0 Å². The largest absolute Gasteiger partial charge is 0.362 e. The van der Waals surface area contributed by atoms with Gasteiger partial charge in [-0.05, 0) is 30.8 Å². The third-order valence-corrected chi connectivity index (χ3v) is 1.35. The Balaban J connectivity index is 2.78. The Morgan fingerprint density at radius 2 is 1.90 bits per heavy atom. The lowest BCUT2D eigenvalue weighted by atomic mass is 10.3. The first-order valence-corrected chi connectivity index (χ1v) is 3.26. The van der Waals surface area contributed by atoms with Crippen LogP contribution in [-0.4, -0.2) is 0 Å². The van der Waals surface area contributed by atoms with Crippen LogP contribution < -0.4 is 5.32 Å². The molecule has 1 rings (SSSR count). The number of benzene rings is 1. The Morgan fingerprint density at radius 3 is 2.40 bits per heavy atom. The second-order valence-electron chi connectivity index (χ2n) is 1.82. The van der Waals surface area contributed by atoms with E-state index in [1.807, 2.05) is 12.1 Å². The van der Waals surface area contributed by atoms with Crippen LogP contribution in [0.1, 0.15) is 0 Å². The zero-order valence-electron chi connectivity index (χ0n) is 5.34. The molecule has 0 aliphatic rings. The van der Waals surface area contributed by atoms with Crippen LogP contribution in [0.25, 0.3) is 0 Å². The van der Waals surface area contributed by atoms with Crippen molar-refractivity contribution >= 4 is 17.3 Å². The average molecular weight is 153 g/mol. The summed E-state index contributed by atoms with van der Waals surface area (Å²) in [7, 11) is 0. The minimum Gasteiger partial charge on any atom is -0.362 e. The summed E-state index contributed by atoms with van der Waals surface area (Å²) < 4.78 is 0. The molecule has 1 N–H and O–H groups in total. The molecule has 0 aliphatic carbocycles. The molecule has 0 unspecified atom stereocenters. The monoisotopic (exact) mass is 152 g/mol. The number of halogens is 1. The van der Waals surface area contributed by atoms with E-state index in [1.54, 1.807) is 12.1 Å².